The van der Waals surface area contributed by atoms with Crippen LogP contribution in [0, 0.1) is 0 Å². The predicted molar refractivity (Wildman–Crippen MR) is 259 cm³/mol. The zero-order chi connectivity index (χ0) is 42.7. The van der Waals surface area contributed by atoms with E-state index >= 15 is 0 Å². The molecule has 0 spiro atoms. The van der Waals surface area contributed by atoms with Gasteiger partial charge in [0.2, 0.25) is 5.79 Å². The van der Waals surface area contributed by atoms with E-state index in [2.05, 4.69) is 225 Å². The summed E-state index contributed by atoms with van der Waals surface area (Å²) in [5.41, 5.74) is 0.569. The monoisotopic (exact) mass is 840 g/mol. The van der Waals surface area contributed by atoms with E-state index in [1.54, 1.807) is 0 Å². The van der Waals surface area contributed by atoms with E-state index in [4.69, 9.17) is 0 Å². The van der Waals surface area contributed by atoms with Crippen LogP contribution in [-0.4, -0.2) is 40.2 Å². The van der Waals surface area contributed by atoms with Gasteiger partial charge in [-0.2, -0.15) is 14.8 Å². The summed E-state index contributed by atoms with van der Waals surface area (Å²) in [5.74, 6) is -0.250. The normalized spacial score (nSPS) is 19.9. The number of rotatable bonds is 8. The van der Waals surface area contributed by atoms with Crippen molar-refractivity contribution in [3.05, 3.63) is 182 Å². The van der Waals surface area contributed by atoms with Crippen LogP contribution in [0.15, 0.2) is 182 Å². The Balaban J connectivity index is 0.000000154. The molecule has 3 aliphatic heterocycles. The van der Waals surface area contributed by atoms with Crippen LogP contribution in [0.5, 0.6) is 0 Å². The minimum atomic E-state index is -0.446. The molecule has 0 aliphatic carbocycles. The Morgan fingerprint density at radius 1 is 0.483 bits per heavy atom. The van der Waals surface area contributed by atoms with E-state index in [0.717, 1.165) is 25.8 Å². The fourth-order valence-electron chi connectivity index (χ4n) is 7.07. The van der Waals surface area contributed by atoms with E-state index in [1.165, 1.54) is 62.7 Å². The maximum atomic E-state index is 9.28. The van der Waals surface area contributed by atoms with Crippen LogP contribution in [0.4, 0.5) is 0 Å². The first-order chi connectivity index (χ1) is 29.1. The second-order valence-corrected chi connectivity index (χ2v) is 20.7. The standard InChI is InChI=1S/2C18H15P.C7H15NO.C7H15N.C3H6O2/c2*1-4-10-16(11-5-1)19(17-12-6-2-7-13-17)18-14-8-3-9-15-18;1-3-7(2)5-4-6-8(7)9;1-3-7(2)5-4-6-8-7;1-3(2)4-5-3/h2*1-15H;9H,3-6H2,1-2H3;8H,3-6H2,1-2H3;1-2H3. The quantitative estimate of drug-likeness (QED) is 0.0908. The minimum Gasteiger partial charge on any atom is -0.313 e. The van der Waals surface area contributed by atoms with E-state index in [0.29, 0.717) is 5.54 Å². The van der Waals surface area contributed by atoms with Gasteiger partial charge in [0.25, 0.3) is 0 Å². The Kier molecular flexibility index (Phi) is 18.7. The second-order valence-electron chi connectivity index (χ2n) is 16.3. The highest BCUT2D eigenvalue weighted by Crippen LogP contribution is 2.33. The van der Waals surface area contributed by atoms with Crippen molar-refractivity contribution in [3.63, 3.8) is 0 Å². The fourth-order valence-corrected chi connectivity index (χ4v) is 11.7. The average molecular weight is 841 g/mol. The molecule has 3 saturated heterocycles. The van der Waals surface area contributed by atoms with Gasteiger partial charge in [-0.3, -0.25) is 0 Å². The molecule has 6 aromatic carbocycles. The second kappa shape index (κ2) is 23.8. The van der Waals surface area contributed by atoms with Gasteiger partial charge in [0.05, 0.1) is 0 Å². The molecule has 2 atom stereocenters. The molecule has 3 aliphatic rings. The number of hydroxylamine groups is 2. The van der Waals surface area contributed by atoms with Crippen molar-refractivity contribution in [1.29, 1.82) is 0 Å². The highest BCUT2D eigenvalue weighted by Gasteiger charge is 2.36. The van der Waals surface area contributed by atoms with Gasteiger partial charge >= 0.3 is 0 Å². The van der Waals surface area contributed by atoms with Gasteiger partial charge in [0.1, 0.15) is 0 Å². The Labute approximate surface area is 363 Å². The van der Waals surface area contributed by atoms with Gasteiger partial charge in [-0.25, -0.2) is 0 Å². The van der Waals surface area contributed by atoms with Crippen LogP contribution in [0.1, 0.15) is 80.1 Å². The van der Waals surface area contributed by atoms with Gasteiger partial charge in [0.15, 0.2) is 0 Å². The molecule has 316 valence electrons. The highest BCUT2D eigenvalue weighted by atomic mass is 31.1. The first-order valence-corrected chi connectivity index (χ1v) is 24.2. The molecule has 6 aromatic rings. The predicted octanol–water partition coefficient (Wildman–Crippen LogP) is 10.8. The molecule has 7 heteroatoms. The molecule has 0 saturated carbocycles. The Hall–Kier alpha value is -4.02. The van der Waals surface area contributed by atoms with E-state index in [9.17, 15) is 5.21 Å². The third-order valence-electron chi connectivity index (χ3n) is 11.2. The molecular formula is C53H66N2O3P2. The van der Waals surface area contributed by atoms with Crippen molar-refractivity contribution < 1.29 is 15.0 Å². The summed E-state index contributed by atoms with van der Waals surface area (Å²) in [5, 5.41) is 22.6. The SMILES string of the molecule is CC1(C)OO1.CCC1(C)CCCN1.CCC1(C)CCCN1O.c1ccc(P(c2ccccc2)c2ccccc2)cc1.c1ccc(P(c2ccccc2)c2ccccc2)cc1. The summed E-state index contributed by atoms with van der Waals surface area (Å²) in [6.07, 6.45) is 7.32. The summed E-state index contributed by atoms with van der Waals surface area (Å²) in [6.45, 7) is 14.6. The lowest BCUT2D eigenvalue weighted by atomic mass is 9.97. The first kappa shape index (κ1) is 47.0. The van der Waals surface area contributed by atoms with Gasteiger partial charge in [0, 0.05) is 17.6 Å². The van der Waals surface area contributed by atoms with Gasteiger partial charge in [-0.15, -0.1) is 0 Å². The van der Waals surface area contributed by atoms with Crippen molar-refractivity contribution in [2.24, 2.45) is 0 Å². The third-order valence-corrected chi connectivity index (χ3v) is 16.1. The minimum absolute atomic E-state index is 0.0833. The molecule has 60 heavy (non-hydrogen) atoms. The van der Waals surface area contributed by atoms with Crippen LogP contribution >= 0.6 is 15.8 Å². The van der Waals surface area contributed by atoms with Crippen molar-refractivity contribution in [1.82, 2.24) is 10.4 Å². The zero-order valence-electron chi connectivity index (χ0n) is 36.6. The molecular weight excluding hydrogens is 775 g/mol. The van der Waals surface area contributed by atoms with Crippen LogP contribution in [0.2, 0.25) is 0 Å². The number of nitrogens with zero attached hydrogens (tertiary/aromatic N) is 1. The number of hydrogen-bond donors (Lipinski definition) is 2. The number of benzene rings is 6. The molecule has 3 heterocycles. The lowest BCUT2D eigenvalue weighted by Gasteiger charge is -2.28. The lowest BCUT2D eigenvalue weighted by molar-refractivity contribution is -0.143. The van der Waals surface area contributed by atoms with E-state index in [1.807, 2.05) is 13.8 Å². The molecule has 0 amide bonds. The molecule has 2 unspecified atom stereocenters. The topological polar surface area (TPSA) is 60.6 Å². The lowest BCUT2D eigenvalue weighted by Crippen LogP contribution is -2.37. The smallest absolute Gasteiger partial charge is 0.228 e. The van der Waals surface area contributed by atoms with E-state index in [-0.39, 0.29) is 11.3 Å². The van der Waals surface area contributed by atoms with Crippen LogP contribution in [0.25, 0.3) is 0 Å². The fraction of sp³-hybridized carbons (Fsp3) is 0.321. The first-order valence-electron chi connectivity index (χ1n) is 21.6. The van der Waals surface area contributed by atoms with Gasteiger partial charge in [-0.05, 0) is 120 Å². The molecule has 5 nitrogen and oxygen atoms in total. The molecule has 0 radical (unpaired) electrons. The Morgan fingerprint density at radius 3 is 0.933 bits per heavy atom. The maximum Gasteiger partial charge on any atom is 0.228 e. The third kappa shape index (κ3) is 14.9. The van der Waals surface area contributed by atoms with Crippen LogP contribution in [-0.2, 0) is 9.78 Å². The molecule has 0 aromatic heterocycles. The van der Waals surface area contributed by atoms with Gasteiger partial charge in [-0.1, -0.05) is 196 Å². The molecule has 0 bridgehead atoms. The van der Waals surface area contributed by atoms with Crippen molar-refractivity contribution in [2.75, 3.05) is 13.1 Å². The Bertz CT molecular complexity index is 1720. The molecule has 2 N–H and O–H groups in total. The van der Waals surface area contributed by atoms with Crippen molar-refractivity contribution in [3.8, 4) is 0 Å². The zero-order valence-corrected chi connectivity index (χ0v) is 38.4. The van der Waals surface area contributed by atoms with Crippen LogP contribution < -0.4 is 37.1 Å². The van der Waals surface area contributed by atoms with Crippen molar-refractivity contribution in [2.45, 2.75) is 96.9 Å². The number of nitrogens with one attached hydrogen (secondary N) is 1. The van der Waals surface area contributed by atoms with E-state index < -0.39 is 15.8 Å². The van der Waals surface area contributed by atoms with Gasteiger partial charge < -0.3 is 10.5 Å². The maximum absolute atomic E-state index is 9.28. The summed E-state index contributed by atoms with van der Waals surface area (Å²) in [6, 6.07) is 64.7. The number of hydrogen-bond acceptors (Lipinski definition) is 5. The molecule has 9 rings (SSSR count). The molecule has 3 fully saturated rings. The summed E-state index contributed by atoms with van der Waals surface area (Å²) in [4.78, 5) is 8.79. The highest BCUT2D eigenvalue weighted by molar-refractivity contribution is 7.80. The van der Waals surface area contributed by atoms with Crippen LogP contribution in [0.3, 0.4) is 0 Å². The summed E-state index contributed by atoms with van der Waals surface area (Å²) < 4.78 is 0. The Morgan fingerprint density at radius 2 is 0.783 bits per heavy atom. The summed E-state index contributed by atoms with van der Waals surface area (Å²) >= 11 is 0. The van der Waals surface area contributed by atoms with Crippen molar-refractivity contribution >= 4 is 47.7 Å². The average Bonchev–Trinajstić information content (AvgIpc) is 3.63. The summed E-state index contributed by atoms with van der Waals surface area (Å²) in [7, 11) is -0.892. The largest absolute Gasteiger partial charge is 0.313 e.